The predicted octanol–water partition coefficient (Wildman–Crippen LogP) is 6.52. The lowest BCUT2D eigenvalue weighted by Gasteiger charge is -2.17. The van der Waals surface area contributed by atoms with E-state index in [-0.39, 0.29) is 10.6 Å². The number of phenolic OH excluding ortho intramolecular Hbond substituents is 1. The number of hydrogen-bond acceptors (Lipinski definition) is 6. The fourth-order valence-corrected chi connectivity index (χ4v) is 5.60. The Morgan fingerprint density at radius 2 is 1.68 bits per heavy atom. The molecule has 0 spiro atoms. The molecule has 0 amide bonds. The Balaban J connectivity index is 1.36. The number of benzene rings is 4. The van der Waals surface area contributed by atoms with Crippen LogP contribution in [0.15, 0.2) is 83.8 Å². The molecule has 1 heterocycles. The smallest absolute Gasteiger partial charge is 0.175 e. The highest BCUT2D eigenvalue weighted by atomic mass is 32.2. The fourth-order valence-electron chi connectivity index (χ4n) is 4.97. The number of phenols is 1. The van der Waals surface area contributed by atoms with Crippen LogP contribution in [0.4, 0.5) is 0 Å². The molecule has 0 saturated carbocycles. The van der Waals surface area contributed by atoms with Gasteiger partial charge in [0.05, 0.1) is 4.90 Å². The fraction of sp³-hybridized carbons (Fsp3) is 0.290. The van der Waals surface area contributed by atoms with Gasteiger partial charge in [0.2, 0.25) is 0 Å². The van der Waals surface area contributed by atoms with Crippen LogP contribution in [-0.2, 0) is 9.84 Å². The maximum atomic E-state index is 11.9. The van der Waals surface area contributed by atoms with Gasteiger partial charge in [-0.2, -0.15) is 0 Å². The molecule has 1 saturated heterocycles. The van der Waals surface area contributed by atoms with E-state index in [4.69, 9.17) is 9.47 Å². The third-order valence-electron chi connectivity index (χ3n) is 7.21. The summed E-state index contributed by atoms with van der Waals surface area (Å²) in [5.74, 6) is 3.06. The van der Waals surface area contributed by atoms with Crippen molar-refractivity contribution >= 4 is 20.6 Å². The molecule has 198 valence electrons. The summed E-state index contributed by atoms with van der Waals surface area (Å²) in [7, 11) is -3.29. The first-order valence-electron chi connectivity index (χ1n) is 13.0. The second-order valence-electron chi connectivity index (χ2n) is 9.93. The van der Waals surface area contributed by atoms with E-state index in [9.17, 15) is 13.5 Å². The Labute approximate surface area is 224 Å². The molecular formula is C31H33NO5S. The SMILES string of the molecule is CC[C@@H]1CCN(CCOc2ccc(Oc3c(-c4ccc(S(C)(=O)=O)cc4)ccc4cc(O)ccc34)cc2)C1. The van der Waals surface area contributed by atoms with Crippen molar-refractivity contribution in [3.8, 4) is 34.1 Å². The van der Waals surface area contributed by atoms with Crippen LogP contribution in [-0.4, -0.2) is 50.9 Å². The highest BCUT2D eigenvalue weighted by molar-refractivity contribution is 7.90. The normalized spacial score (nSPS) is 16.1. The number of aromatic hydroxyl groups is 1. The molecule has 1 aliphatic rings. The van der Waals surface area contributed by atoms with Crippen LogP contribution < -0.4 is 9.47 Å². The van der Waals surface area contributed by atoms with E-state index in [2.05, 4.69) is 11.8 Å². The first-order valence-corrected chi connectivity index (χ1v) is 14.9. The summed E-state index contributed by atoms with van der Waals surface area (Å²) in [6.45, 7) is 6.15. The zero-order valence-electron chi connectivity index (χ0n) is 21.8. The van der Waals surface area contributed by atoms with Crippen molar-refractivity contribution in [3.05, 3.63) is 78.9 Å². The molecule has 1 fully saturated rings. The summed E-state index contributed by atoms with van der Waals surface area (Å²) < 4.78 is 36.2. The Bertz CT molecular complexity index is 1510. The average Bonchev–Trinajstić information content (AvgIpc) is 3.37. The average molecular weight is 532 g/mol. The molecule has 0 bridgehead atoms. The van der Waals surface area contributed by atoms with Crippen molar-refractivity contribution in [2.45, 2.75) is 24.7 Å². The molecular weight excluding hydrogens is 498 g/mol. The van der Waals surface area contributed by atoms with Gasteiger partial charge in [-0.1, -0.05) is 31.5 Å². The van der Waals surface area contributed by atoms with Gasteiger partial charge in [-0.3, -0.25) is 4.90 Å². The van der Waals surface area contributed by atoms with Crippen LogP contribution in [0.2, 0.25) is 0 Å². The zero-order chi connectivity index (χ0) is 26.7. The summed E-state index contributed by atoms with van der Waals surface area (Å²) in [6, 6.07) is 23.3. The standard InChI is InChI=1S/C31H33NO5S/c1-3-22-16-17-32(21-22)18-19-36-26-8-10-27(11-9-26)37-31-29(14-6-24-20-25(33)7-15-30(24)31)23-4-12-28(13-5-23)38(2,34)35/h4-15,20,22,33H,3,16-19,21H2,1-2H3/t22-/m1/s1. The summed E-state index contributed by atoms with van der Waals surface area (Å²) in [4.78, 5) is 2.73. The van der Waals surface area contributed by atoms with Crippen molar-refractivity contribution < 1.29 is 23.0 Å². The number of likely N-dealkylation sites (tertiary alicyclic amines) is 1. The molecule has 0 aromatic heterocycles. The lowest BCUT2D eigenvalue weighted by atomic mass is 9.99. The number of sulfone groups is 1. The second kappa shape index (κ2) is 11.1. The Morgan fingerprint density at radius 3 is 2.37 bits per heavy atom. The maximum Gasteiger partial charge on any atom is 0.175 e. The molecule has 0 aliphatic carbocycles. The zero-order valence-corrected chi connectivity index (χ0v) is 22.6. The predicted molar refractivity (Wildman–Crippen MR) is 151 cm³/mol. The third-order valence-corrected chi connectivity index (χ3v) is 8.34. The van der Waals surface area contributed by atoms with Crippen molar-refractivity contribution in [2.75, 3.05) is 32.5 Å². The van der Waals surface area contributed by atoms with Crippen LogP contribution >= 0.6 is 0 Å². The third kappa shape index (κ3) is 5.95. The molecule has 1 atom stereocenters. The lowest BCUT2D eigenvalue weighted by molar-refractivity contribution is 0.232. The van der Waals surface area contributed by atoms with Gasteiger partial charge in [0.25, 0.3) is 0 Å². The van der Waals surface area contributed by atoms with Crippen LogP contribution in [0.25, 0.3) is 21.9 Å². The molecule has 7 heteroatoms. The molecule has 6 nitrogen and oxygen atoms in total. The topological polar surface area (TPSA) is 76.1 Å². The van der Waals surface area contributed by atoms with Crippen LogP contribution in [0.5, 0.6) is 23.0 Å². The minimum Gasteiger partial charge on any atom is -0.508 e. The minimum absolute atomic E-state index is 0.175. The molecule has 0 radical (unpaired) electrons. The van der Waals surface area contributed by atoms with Gasteiger partial charge in [0.1, 0.15) is 29.6 Å². The van der Waals surface area contributed by atoms with Crippen LogP contribution in [0, 0.1) is 5.92 Å². The quantitative estimate of drug-likeness (QED) is 0.265. The van der Waals surface area contributed by atoms with Gasteiger partial charge in [-0.05, 0) is 90.5 Å². The summed E-state index contributed by atoms with van der Waals surface area (Å²) in [5.41, 5.74) is 1.65. The Kier molecular flexibility index (Phi) is 7.58. The van der Waals surface area contributed by atoms with E-state index >= 15 is 0 Å². The number of rotatable bonds is 9. The molecule has 4 aromatic carbocycles. The van der Waals surface area contributed by atoms with Crippen molar-refractivity contribution in [1.82, 2.24) is 4.90 Å². The molecule has 38 heavy (non-hydrogen) atoms. The largest absolute Gasteiger partial charge is 0.508 e. The number of hydrogen-bond donors (Lipinski definition) is 1. The van der Waals surface area contributed by atoms with Crippen LogP contribution in [0.1, 0.15) is 19.8 Å². The van der Waals surface area contributed by atoms with Gasteiger partial charge in [-0.15, -0.1) is 0 Å². The van der Waals surface area contributed by atoms with Gasteiger partial charge in [-0.25, -0.2) is 8.42 Å². The van der Waals surface area contributed by atoms with E-state index in [1.165, 1.54) is 19.1 Å². The Morgan fingerprint density at radius 1 is 0.947 bits per heavy atom. The molecule has 4 aromatic rings. The minimum atomic E-state index is -3.29. The summed E-state index contributed by atoms with van der Waals surface area (Å²) >= 11 is 0. The van der Waals surface area contributed by atoms with E-state index < -0.39 is 9.84 Å². The van der Waals surface area contributed by atoms with Crippen molar-refractivity contribution in [1.29, 1.82) is 0 Å². The molecule has 5 rings (SSSR count). The van der Waals surface area contributed by atoms with E-state index in [1.54, 1.807) is 36.4 Å². The molecule has 0 unspecified atom stereocenters. The van der Waals surface area contributed by atoms with E-state index in [0.29, 0.717) is 18.1 Å². The number of fused-ring (bicyclic) bond motifs is 1. The summed E-state index contributed by atoms with van der Waals surface area (Å²) in [6.07, 6.45) is 3.71. The van der Waals surface area contributed by atoms with Crippen molar-refractivity contribution in [2.24, 2.45) is 5.92 Å². The van der Waals surface area contributed by atoms with Crippen molar-refractivity contribution in [3.63, 3.8) is 0 Å². The number of ether oxygens (including phenoxy) is 2. The first-order chi connectivity index (χ1) is 18.3. The van der Waals surface area contributed by atoms with Gasteiger partial charge >= 0.3 is 0 Å². The highest BCUT2D eigenvalue weighted by Gasteiger charge is 2.20. The van der Waals surface area contributed by atoms with Crippen LogP contribution in [0.3, 0.4) is 0 Å². The van der Waals surface area contributed by atoms with E-state index in [0.717, 1.165) is 53.2 Å². The van der Waals surface area contributed by atoms with Gasteiger partial charge in [0.15, 0.2) is 9.84 Å². The van der Waals surface area contributed by atoms with Gasteiger partial charge in [0, 0.05) is 30.3 Å². The second-order valence-corrected chi connectivity index (χ2v) is 11.9. The molecule has 1 N–H and O–H groups in total. The van der Waals surface area contributed by atoms with Gasteiger partial charge < -0.3 is 14.6 Å². The summed E-state index contributed by atoms with van der Waals surface area (Å²) in [5, 5.41) is 11.7. The molecule has 1 aliphatic heterocycles. The first kappa shape index (κ1) is 26.1. The Hall–Kier alpha value is -3.55. The van der Waals surface area contributed by atoms with E-state index in [1.807, 2.05) is 42.5 Å². The number of nitrogens with zero attached hydrogens (tertiary/aromatic N) is 1. The highest BCUT2D eigenvalue weighted by Crippen LogP contribution is 2.41. The maximum absolute atomic E-state index is 11.9. The monoisotopic (exact) mass is 531 g/mol. The lowest BCUT2D eigenvalue weighted by Crippen LogP contribution is -2.26.